The molecule has 1 atom stereocenters. The van der Waals surface area contributed by atoms with Crippen molar-refractivity contribution in [3.05, 3.63) is 54.0 Å². The van der Waals surface area contributed by atoms with Gasteiger partial charge in [-0.15, -0.1) is 0 Å². The van der Waals surface area contributed by atoms with E-state index in [-0.39, 0.29) is 24.2 Å². The van der Waals surface area contributed by atoms with Gasteiger partial charge >= 0.3 is 0 Å². The topological polar surface area (TPSA) is 65.8 Å². The monoisotopic (exact) mass is 341 g/mol. The van der Waals surface area contributed by atoms with Crippen molar-refractivity contribution in [3.8, 4) is 0 Å². The first kappa shape index (κ1) is 17.2. The molecule has 6 heteroatoms. The lowest BCUT2D eigenvalue weighted by Gasteiger charge is -2.15. The number of benzene rings is 1. The lowest BCUT2D eigenvalue weighted by molar-refractivity contribution is -0.128. The molecule has 0 spiro atoms. The fourth-order valence-electron chi connectivity index (χ4n) is 3.05. The second-order valence-electron chi connectivity index (χ2n) is 6.68. The summed E-state index contributed by atoms with van der Waals surface area (Å²) in [5.41, 5.74) is 1.89. The van der Waals surface area contributed by atoms with Crippen LogP contribution in [0.25, 0.3) is 0 Å². The zero-order chi connectivity index (χ0) is 17.8. The number of carbonyl (C=O) groups excluding carboxylic acids is 2. The summed E-state index contributed by atoms with van der Waals surface area (Å²) in [6.07, 6.45) is 1.82. The third-order valence-corrected chi connectivity index (χ3v) is 4.21. The average Bonchev–Trinajstić information content (AvgIpc) is 3.18. The van der Waals surface area contributed by atoms with Gasteiger partial charge in [-0.25, -0.2) is 0 Å². The van der Waals surface area contributed by atoms with Crippen molar-refractivity contribution in [1.29, 1.82) is 0 Å². The Balaban J connectivity index is 1.59. The smallest absolute Gasteiger partial charge is 0.229 e. The summed E-state index contributed by atoms with van der Waals surface area (Å²) in [5, 5.41) is 2.94. The minimum absolute atomic E-state index is 0.0158. The van der Waals surface area contributed by atoms with E-state index in [0.717, 1.165) is 23.6 Å². The molecule has 0 bridgehead atoms. The summed E-state index contributed by atoms with van der Waals surface area (Å²) in [6, 6.07) is 11.4. The first-order chi connectivity index (χ1) is 12.0. The van der Waals surface area contributed by atoms with E-state index in [0.29, 0.717) is 13.1 Å². The number of hydrogen-bond acceptors (Lipinski definition) is 4. The Labute approximate surface area is 147 Å². The second-order valence-corrected chi connectivity index (χ2v) is 6.68. The fraction of sp³-hybridized carbons (Fsp3) is 0.368. The zero-order valence-electron chi connectivity index (χ0n) is 14.6. The molecule has 132 valence electrons. The highest BCUT2D eigenvalue weighted by atomic mass is 16.3. The van der Waals surface area contributed by atoms with E-state index in [9.17, 15) is 9.59 Å². The molecule has 1 saturated heterocycles. The van der Waals surface area contributed by atoms with Crippen molar-refractivity contribution >= 4 is 17.5 Å². The molecule has 1 unspecified atom stereocenters. The van der Waals surface area contributed by atoms with Crippen molar-refractivity contribution in [2.75, 3.05) is 26.0 Å². The molecular formula is C19H23N3O3. The summed E-state index contributed by atoms with van der Waals surface area (Å²) < 4.78 is 5.28. The van der Waals surface area contributed by atoms with Crippen LogP contribution in [0.15, 0.2) is 47.1 Å². The van der Waals surface area contributed by atoms with Crippen LogP contribution in [0.2, 0.25) is 0 Å². The maximum Gasteiger partial charge on any atom is 0.229 e. The van der Waals surface area contributed by atoms with Crippen LogP contribution in [-0.2, 0) is 22.7 Å². The maximum atomic E-state index is 12.5. The number of rotatable bonds is 6. The molecule has 2 heterocycles. The Morgan fingerprint density at radius 2 is 2.16 bits per heavy atom. The Hall–Kier alpha value is -2.60. The molecule has 2 aromatic rings. The van der Waals surface area contributed by atoms with Crippen LogP contribution < -0.4 is 5.32 Å². The summed E-state index contributed by atoms with van der Waals surface area (Å²) in [5.74, 6) is 0.265. The third kappa shape index (κ3) is 4.48. The predicted octanol–water partition coefficient (Wildman–Crippen LogP) is 2.33. The number of amides is 2. The fourth-order valence-corrected chi connectivity index (χ4v) is 3.05. The van der Waals surface area contributed by atoms with Gasteiger partial charge in [0.1, 0.15) is 5.76 Å². The first-order valence-electron chi connectivity index (χ1n) is 8.36. The Morgan fingerprint density at radius 3 is 2.88 bits per heavy atom. The summed E-state index contributed by atoms with van der Waals surface area (Å²) >= 11 is 0. The molecule has 6 nitrogen and oxygen atoms in total. The lowest BCUT2D eigenvalue weighted by Crippen LogP contribution is -2.27. The molecule has 1 aromatic heterocycles. The molecule has 1 N–H and O–H groups in total. The molecule has 1 aromatic carbocycles. The molecule has 3 rings (SSSR count). The molecule has 1 fully saturated rings. The van der Waals surface area contributed by atoms with Crippen LogP contribution in [0.3, 0.4) is 0 Å². The van der Waals surface area contributed by atoms with Gasteiger partial charge < -0.3 is 19.5 Å². The van der Waals surface area contributed by atoms with E-state index >= 15 is 0 Å². The van der Waals surface area contributed by atoms with Crippen molar-refractivity contribution in [2.45, 2.75) is 19.5 Å². The van der Waals surface area contributed by atoms with E-state index < -0.39 is 0 Å². The third-order valence-electron chi connectivity index (χ3n) is 4.21. The van der Waals surface area contributed by atoms with E-state index in [2.05, 4.69) is 10.2 Å². The normalized spacial score (nSPS) is 17.3. The highest BCUT2D eigenvalue weighted by molar-refractivity contribution is 5.97. The van der Waals surface area contributed by atoms with E-state index in [1.54, 1.807) is 17.2 Å². The number of anilines is 1. The highest BCUT2D eigenvalue weighted by Crippen LogP contribution is 2.22. The standard InChI is InChI=1S/C19H23N3O3/c1-21(2)11-14-5-3-6-16(9-14)20-19(24)15-10-18(23)22(12-15)13-17-7-4-8-25-17/h3-9,15H,10-13H2,1-2H3,(H,20,24). The van der Waals surface area contributed by atoms with Gasteiger partial charge in [0.05, 0.1) is 18.7 Å². The van der Waals surface area contributed by atoms with Gasteiger partial charge in [0.25, 0.3) is 0 Å². The number of nitrogens with one attached hydrogen (secondary N) is 1. The van der Waals surface area contributed by atoms with Gasteiger partial charge in [0, 0.05) is 25.2 Å². The molecule has 0 radical (unpaired) electrons. The lowest BCUT2D eigenvalue weighted by atomic mass is 10.1. The quantitative estimate of drug-likeness (QED) is 0.876. The summed E-state index contributed by atoms with van der Waals surface area (Å²) in [4.78, 5) is 28.4. The zero-order valence-corrected chi connectivity index (χ0v) is 14.6. The van der Waals surface area contributed by atoms with Gasteiger partial charge in [-0.2, -0.15) is 0 Å². The Bertz CT molecular complexity index is 740. The molecular weight excluding hydrogens is 318 g/mol. The molecule has 0 aliphatic carbocycles. The van der Waals surface area contributed by atoms with Crippen LogP contribution in [0.4, 0.5) is 5.69 Å². The molecule has 2 amide bonds. The predicted molar refractivity (Wildman–Crippen MR) is 94.7 cm³/mol. The number of nitrogens with zero attached hydrogens (tertiary/aromatic N) is 2. The van der Waals surface area contributed by atoms with Crippen LogP contribution in [0.5, 0.6) is 0 Å². The highest BCUT2D eigenvalue weighted by Gasteiger charge is 2.34. The van der Waals surface area contributed by atoms with Crippen molar-refractivity contribution in [2.24, 2.45) is 5.92 Å². The minimum Gasteiger partial charge on any atom is -0.467 e. The van der Waals surface area contributed by atoms with Gasteiger partial charge in [0.2, 0.25) is 11.8 Å². The summed E-state index contributed by atoms with van der Waals surface area (Å²) in [6.45, 7) is 1.64. The Kier molecular flexibility index (Phi) is 5.19. The van der Waals surface area contributed by atoms with Crippen LogP contribution >= 0.6 is 0 Å². The van der Waals surface area contributed by atoms with Gasteiger partial charge in [-0.05, 0) is 43.9 Å². The van der Waals surface area contributed by atoms with Gasteiger partial charge in [0.15, 0.2) is 0 Å². The number of hydrogen-bond donors (Lipinski definition) is 1. The SMILES string of the molecule is CN(C)Cc1cccc(NC(=O)C2CC(=O)N(Cc3ccco3)C2)c1. The van der Waals surface area contributed by atoms with E-state index in [1.165, 1.54) is 0 Å². The van der Waals surface area contributed by atoms with E-state index in [1.807, 2.05) is 44.4 Å². The molecule has 0 saturated carbocycles. The number of carbonyl (C=O) groups is 2. The number of likely N-dealkylation sites (tertiary alicyclic amines) is 1. The number of furan rings is 1. The Morgan fingerprint density at radius 1 is 1.32 bits per heavy atom. The molecule has 1 aliphatic heterocycles. The maximum absolute atomic E-state index is 12.5. The van der Waals surface area contributed by atoms with Crippen LogP contribution in [0, 0.1) is 5.92 Å². The van der Waals surface area contributed by atoms with Crippen molar-refractivity contribution in [1.82, 2.24) is 9.80 Å². The van der Waals surface area contributed by atoms with Gasteiger partial charge in [-0.1, -0.05) is 12.1 Å². The summed E-state index contributed by atoms with van der Waals surface area (Å²) in [7, 11) is 4.01. The van der Waals surface area contributed by atoms with Crippen molar-refractivity contribution in [3.63, 3.8) is 0 Å². The van der Waals surface area contributed by atoms with E-state index in [4.69, 9.17) is 4.42 Å². The van der Waals surface area contributed by atoms with Crippen LogP contribution in [0.1, 0.15) is 17.7 Å². The van der Waals surface area contributed by atoms with Crippen molar-refractivity contribution < 1.29 is 14.0 Å². The molecule has 1 aliphatic rings. The first-order valence-corrected chi connectivity index (χ1v) is 8.36. The second kappa shape index (κ2) is 7.53. The largest absolute Gasteiger partial charge is 0.467 e. The van der Waals surface area contributed by atoms with Gasteiger partial charge in [-0.3, -0.25) is 9.59 Å². The average molecular weight is 341 g/mol. The molecule has 25 heavy (non-hydrogen) atoms. The minimum atomic E-state index is -0.333. The van der Waals surface area contributed by atoms with Crippen LogP contribution in [-0.4, -0.2) is 42.3 Å².